The number of methoxy groups -OCH3 is 1. The highest BCUT2D eigenvalue weighted by Crippen LogP contribution is 2.25. The summed E-state index contributed by atoms with van der Waals surface area (Å²) < 4.78 is 8.18. The topological polar surface area (TPSA) is 74.3 Å². The van der Waals surface area contributed by atoms with E-state index in [1.807, 2.05) is 56.6 Å². The second-order valence-electron chi connectivity index (χ2n) is 5.99. The fourth-order valence-electron chi connectivity index (χ4n) is 2.96. The lowest BCUT2D eigenvalue weighted by atomic mass is 10.1. The first kappa shape index (κ1) is 16.0. The molecule has 0 bridgehead atoms. The number of nitrogens with zero attached hydrogens (tertiary/aromatic N) is 5. The summed E-state index contributed by atoms with van der Waals surface area (Å²) in [7, 11) is 3.20. The van der Waals surface area contributed by atoms with Gasteiger partial charge < -0.3 is 4.74 Å². The van der Waals surface area contributed by atoms with Crippen molar-refractivity contribution in [1.82, 2.24) is 24.4 Å². The minimum atomic E-state index is -0.470. The predicted octanol–water partition coefficient (Wildman–Crippen LogP) is 2.89. The lowest BCUT2D eigenvalue weighted by Crippen LogP contribution is -2.10. The van der Waals surface area contributed by atoms with Gasteiger partial charge in [-0.15, -0.1) is 0 Å². The zero-order valence-electron chi connectivity index (χ0n) is 14.7. The van der Waals surface area contributed by atoms with E-state index in [-0.39, 0.29) is 0 Å². The molecule has 0 radical (unpaired) electrons. The Balaban J connectivity index is 1.96. The molecule has 0 saturated carbocycles. The largest absolute Gasteiger partial charge is 0.464 e. The Kier molecular flexibility index (Phi) is 3.76. The number of carbonyl (C=O) groups excluding carboxylic acids is 1. The summed E-state index contributed by atoms with van der Waals surface area (Å²) in [5.41, 5.74) is 4.94. The Morgan fingerprint density at radius 1 is 1.08 bits per heavy atom. The highest BCUT2D eigenvalue weighted by molar-refractivity contribution is 5.90. The van der Waals surface area contributed by atoms with Gasteiger partial charge in [0, 0.05) is 30.4 Å². The van der Waals surface area contributed by atoms with Crippen molar-refractivity contribution in [3.63, 3.8) is 0 Å². The second kappa shape index (κ2) is 6.11. The van der Waals surface area contributed by atoms with E-state index in [9.17, 15) is 4.79 Å². The molecule has 130 valence electrons. The summed E-state index contributed by atoms with van der Waals surface area (Å²) in [5, 5.41) is 8.90. The highest BCUT2D eigenvalue weighted by Gasteiger charge is 2.19. The van der Waals surface area contributed by atoms with Crippen LogP contribution in [0.4, 0.5) is 0 Å². The van der Waals surface area contributed by atoms with E-state index in [2.05, 4.69) is 15.2 Å². The quantitative estimate of drug-likeness (QED) is 0.533. The number of aromatic nitrogens is 5. The Morgan fingerprint density at radius 3 is 2.50 bits per heavy atom. The molecule has 0 aliphatic heterocycles. The summed E-state index contributed by atoms with van der Waals surface area (Å²) in [6.45, 7) is 1.91. The number of carbonyl (C=O) groups is 1. The predicted molar refractivity (Wildman–Crippen MR) is 96.7 cm³/mol. The van der Waals surface area contributed by atoms with Crippen LogP contribution in [0.2, 0.25) is 0 Å². The van der Waals surface area contributed by atoms with Crippen LogP contribution in [0.15, 0.2) is 48.7 Å². The number of ether oxygens (including phenoxy) is 1. The van der Waals surface area contributed by atoms with Crippen LogP contribution in [0.3, 0.4) is 0 Å². The lowest BCUT2D eigenvalue weighted by molar-refractivity contribution is 0.0590. The Bertz CT molecular complexity index is 1110. The first-order valence-corrected chi connectivity index (χ1v) is 8.12. The zero-order valence-corrected chi connectivity index (χ0v) is 14.7. The van der Waals surface area contributed by atoms with Gasteiger partial charge in [0.1, 0.15) is 0 Å². The van der Waals surface area contributed by atoms with Gasteiger partial charge in [0.2, 0.25) is 0 Å². The van der Waals surface area contributed by atoms with Crippen LogP contribution in [-0.4, -0.2) is 37.5 Å². The number of rotatable bonds is 3. The normalized spacial score (nSPS) is 11.0. The molecular weight excluding hydrogens is 330 g/mol. The third-order valence-corrected chi connectivity index (χ3v) is 4.18. The van der Waals surface area contributed by atoms with Gasteiger partial charge in [0.05, 0.1) is 24.2 Å². The summed E-state index contributed by atoms with van der Waals surface area (Å²) in [6, 6.07) is 13.3. The standard InChI is InChI=1S/C19H17N5O2/c1-12-14(11-23(2)21-12)16-9-17(19(25)26-3)24-18(20-16)10-15(22-24)13-7-5-4-6-8-13/h4-11H,1-3H3. The third kappa shape index (κ3) is 2.63. The molecule has 1 aromatic carbocycles. The molecule has 4 aromatic rings. The van der Waals surface area contributed by atoms with E-state index in [0.29, 0.717) is 17.0 Å². The maximum absolute atomic E-state index is 12.3. The summed E-state index contributed by atoms with van der Waals surface area (Å²) in [6.07, 6.45) is 1.88. The van der Waals surface area contributed by atoms with E-state index < -0.39 is 5.97 Å². The van der Waals surface area contributed by atoms with Crippen LogP contribution in [0.5, 0.6) is 0 Å². The molecule has 0 N–H and O–H groups in total. The Hall–Kier alpha value is -3.48. The summed E-state index contributed by atoms with van der Waals surface area (Å²) in [4.78, 5) is 17.0. The van der Waals surface area contributed by atoms with Crippen molar-refractivity contribution in [2.45, 2.75) is 6.92 Å². The van der Waals surface area contributed by atoms with Crippen LogP contribution in [-0.2, 0) is 11.8 Å². The molecule has 7 heteroatoms. The zero-order chi connectivity index (χ0) is 18.3. The van der Waals surface area contributed by atoms with Crippen LogP contribution >= 0.6 is 0 Å². The molecule has 4 rings (SSSR count). The van der Waals surface area contributed by atoms with Crippen molar-refractivity contribution >= 4 is 11.6 Å². The smallest absolute Gasteiger partial charge is 0.356 e. The van der Waals surface area contributed by atoms with Gasteiger partial charge in [0.25, 0.3) is 0 Å². The molecule has 3 aromatic heterocycles. The highest BCUT2D eigenvalue weighted by atomic mass is 16.5. The van der Waals surface area contributed by atoms with Crippen LogP contribution in [0.1, 0.15) is 16.2 Å². The number of esters is 1. The van der Waals surface area contributed by atoms with Crippen molar-refractivity contribution in [2.75, 3.05) is 7.11 Å². The first-order chi connectivity index (χ1) is 12.6. The van der Waals surface area contributed by atoms with Crippen LogP contribution in [0.25, 0.3) is 28.2 Å². The fraction of sp³-hybridized carbons (Fsp3) is 0.158. The molecule has 0 saturated heterocycles. The van der Waals surface area contributed by atoms with E-state index in [1.165, 1.54) is 11.6 Å². The molecule has 0 spiro atoms. The first-order valence-electron chi connectivity index (χ1n) is 8.12. The van der Waals surface area contributed by atoms with Gasteiger partial charge in [-0.2, -0.15) is 10.2 Å². The molecule has 0 unspecified atom stereocenters. The van der Waals surface area contributed by atoms with Gasteiger partial charge >= 0.3 is 5.97 Å². The van der Waals surface area contributed by atoms with Gasteiger partial charge in [-0.05, 0) is 13.0 Å². The average Bonchev–Trinajstić information content (AvgIpc) is 3.23. The number of hydrogen-bond acceptors (Lipinski definition) is 5. The molecule has 0 atom stereocenters. The number of hydrogen-bond donors (Lipinski definition) is 0. The number of benzene rings is 1. The Labute approximate surface area is 149 Å². The second-order valence-corrected chi connectivity index (χ2v) is 5.99. The number of fused-ring (bicyclic) bond motifs is 1. The van der Waals surface area contributed by atoms with E-state index >= 15 is 0 Å². The third-order valence-electron chi connectivity index (χ3n) is 4.18. The summed E-state index contributed by atoms with van der Waals surface area (Å²) in [5.74, 6) is -0.470. The van der Waals surface area contributed by atoms with Crippen LogP contribution in [0, 0.1) is 6.92 Å². The maximum atomic E-state index is 12.3. The average molecular weight is 347 g/mol. The molecule has 7 nitrogen and oxygen atoms in total. The molecule has 0 amide bonds. The summed E-state index contributed by atoms with van der Waals surface area (Å²) >= 11 is 0. The Morgan fingerprint density at radius 2 is 1.85 bits per heavy atom. The van der Waals surface area contributed by atoms with Gasteiger partial charge in [-0.1, -0.05) is 30.3 Å². The van der Waals surface area contributed by atoms with Gasteiger partial charge in [-0.25, -0.2) is 14.3 Å². The minimum Gasteiger partial charge on any atom is -0.464 e. The SMILES string of the molecule is COC(=O)c1cc(-c2cn(C)nc2C)nc2cc(-c3ccccc3)nn12. The van der Waals surface area contributed by atoms with Gasteiger partial charge in [0.15, 0.2) is 11.3 Å². The minimum absolute atomic E-state index is 0.318. The lowest BCUT2D eigenvalue weighted by Gasteiger charge is -2.05. The maximum Gasteiger partial charge on any atom is 0.356 e. The van der Waals surface area contributed by atoms with Crippen LogP contribution < -0.4 is 0 Å². The molecule has 0 fully saturated rings. The van der Waals surface area contributed by atoms with Crippen molar-refractivity contribution in [3.8, 4) is 22.5 Å². The van der Waals surface area contributed by atoms with E-state index in [0.717, 1.165) is 22.5 Å². The van der Waals surface area contributed by atoms with Crippen molar-refractivity contribution in [2.24, 2.45) is 7.05 Å². The molecule has 3 heterocycles. The van der Waals surface area contributed by atoms with Crippen molar-refractivity contribution in [1.29, 1.82) is 0 Å². The number of aryl methyl sites for hydroxylation is 2. The molecule has 0 aliphatic rings. The fourth-order valence-corrected chi connectivity index (χ4v) is 2.96. The van der Waals surface area contributed by atoms with Crippen molar-refractivity contribution in [3.05, 3.63) is 60.0 Å². The van der Waals surface area contributed by atoms with Crippen molar-refractivity contribution < 1.29 is 9.53 Å². The molecular formula is C19H17N5O2. The molecule has 0 aliphatic carbocycles. The van der Waals surface area contributed by atoms with E-state index in [4.69, 9.17) is 4.74 Å². The molecule has 26 heavy (non-hydrogen) atoms. The van der Waals surface area contributed by atoms with E-state index in [1.54, 1.807) is 10.7 Å². The van der Waals surface area contributed by atoms with Gasteiger partial charge in [-0.3, -0.25) is 4.68 Å². The monoisotopic (exact) mass is 347 g/mol.